The quantitative estimate of drug-likeness (QED) is 0.802. The summed E-state index contributed by atoms with van der Waals surface area (Å²) in [6.45, 7) is 17.0. The molecule has 0 bridgehead atoms. The molecular weight excluding hydrogens is 226 g/mol. The summed E-state index contributed by atoms with van der Waals surface area (Å²) >= 11 is 1.90. The molecule has 1 atom stereocenters. The Morgan fingerprint density at radius 2 is 1.82 bits per heavy atom. The summed E-state index contributed by atoms with van der Waals surface area (Å²) in [7, 11) is 0. The van der Waals surface area contributed by atoms with Gasteiger partial charge in [0.05, 0.1) is 0 Å². The molecule has 1 heterocycles. The molecule has 0 aliphatic heterocycles. The molecule has 0 aliphatic carbocycles. The van der Waals surface area contributed by atoms with Crippen LogP contribution in [0.2, 0.25) is 0 Å². The fourth-order valence-electron chi connectivity index (χ4n) is 1.81. The van der Waals surface area contributed by atoms with Crippen molar-refractivity contribution in [1.82, 2.24) is 5.32 Å². The number of hydrogen-bond acceptors (Lipinski definition) is 2. The van der Waals surface area contributed by atoms with Crippen LogP contribution in [0.5, 0.6) is 0 Å². The minimum Gasteiger partial charge on any atom is -0.310 e. The maximum absolute atomic E-state index is 3.68. The molecule has 0 aromatic carbocycles. The lowest BCUT2D eigenvalue weighted by Gasteiger charge is -2.31. The van der Waals surface area contributed by atoms with Crippen LogP contribution in [-0.2, 0) is 0 Å². The molecule has 1 rings (SSSR count). The Morgan fingerprint density at radius 1 is 1.24 bits per heavy atom. The average molecular weight is 253 g/mol. The predicted octanol–water partition coefficient (Wildman–Crippen LogP) is 4.70. The van der Waals surface area contributed by atoms with Crippen LogP contribution in [0.4, 0.5) is 0 Å². The highest BCUT2D eigenvalue weighted by Crippen LogP contribution is 2.29. The molecule has 0 radical (unpaired) electrons. The minimum atomic E-state index is 0.354. The Kier molecular flexibility index (Phi) is 4.79. The van der Waals surface area contributed by atoms with Crippen molar-refractivity contribution < 1.29 is 0 Å². The van der Waals surface area contributed by atoms with Gasteiger partial charge in [0.25, 0.3) is 0 Å². The highest BCUT2D eigenvalue weighted by Gasteiger charge is 2.23. The fraction of sp³-hybridized carbons (Fsp3) is 0.733. The van der Waals surface area contributed by atoms with Crippen molar-refractivity contribution in [3.05, 3.63) is 21.4 Å². The monoisotopic (exact) mass is 253 g/mol. The van der Waals surface area contributed by atoms with Crippen LogP contribution in [-0.4, -0.2) is 6.54 Å². The molecular formula is C15H27NS. The topological polar surface area (TPSA) is 12.0 Å². The third kappa shape index (κ3) is 3.82. The van der Waals surface area contributed by atoms with Gasteiger partial charge in [0.15, 0.2) is 0 Å². The van der Waals surface area contributed by atoms with E-state index in [1.54, 1.807) is 0 Å². The number of thiophene rings is 1. The van der Waals surface area contributed by atoms with Crippen molar-refractivity contribution in [2.24, 2.45) is 11.3 Å². The van der Waals surface area contributed by atoms with Crippen LogP contribution in [0.25, 0.3) is 0 Å². The SMILES string of the molecule is Cc1cc(C(C)NCC(C)(C)C(C)C)c(C)s1. The second-order valence-electron chi connectivity index (χ2n) is 6.11. The Hall–Kier alpha value is -0.340. The Balaban J connectivity index is 2.62. The minimum absolute atomic E-state index is 0.354. The van der Waals surface area contributed by atoms with Gasteiger partial charge in [0.2, 0.25) is 0 Å². The van der Waals surface area contributed by atoms with Gasteiger partial charge in [-0.2, -0.15) is 0 Å². The first kappa shape index (κ1) is 14.7. The van der Waals surface area contributed by atoms with Crippen LogP contribution in [0.3, 0.4) is 0 Å². The van der Waals surface area contributed by atoms with Crippen LogP contribution < -0.4 is 5.32 Å². The van der Waals surface area contributed by atoms with E-state index in [1.165, 1.54) is 15.3 Å². The predicted molar refractivity (Wildman–Crippen MR) is 78.8 cm³/mol. The van der Waals surface area contributed by atoms with Crippen molar-refractivity contribution in [3.8, 4) is 0 Å². The van der Waals surface area contributed by atoms with Gasteiger partial charge >= 0.3 is 0 Å². The van der Waals surface area contributed by atoms with Crippen LogP contribution in [0, 0.1) is 25.2 Å². The molecule has 0 fully saturated rings. The zero-order valence-electron chi connectivity index (χ0n) is 12.3. The molecule has 0 saturated heterocycles. The molecule has 17 heavy (non-hydrogen) atoms. The van der Waals surface area contributed by atoms with E-state index in [0.717, 1.165) is 6.54 Å². The Bertz CT molecular complexity index is 363. The van der Waals surface area contributed by atoms with Gasteiger partial charge in [0, 0.05) is 22.3 Å². The third-order valence-corrected chi connectivity index (χ3v) is 4.95. The van der Waals surface area contributed by atoms with E-state index < -0.39 is 0 Å². The Morgan fingerprint density at radius 3 is 2.24 bits per heavy atom. The van der Waals surface area contributed by atoms with Crippen LogP contribution in [0.1, 0.15) is 56.0 Å². The fourth-order valence-corrected chi connectivity index (χ4v) is 2.83. The third-order valence-electron chi connectivity index (χ3n) is 3.97. The van der Waals surface area contributed by atoms with Gasteiger partial charge in [0.1, 0.15) is 0 Å². The van der Waals surface area contributed by atoms with Crippen LogP contribution >= 0.6 is 11.3 Å². The van der Waals surface area contributed by atoms with E-state index in [9.17, 15) is 0 Å². The van der Waals surface area contributed by atoms with Gasteiger partial charge < -0.3 is 5.32 Å². The summed E-state index contributed by atoms with van der Waals surface area (Å²) < 4.78 is 0. The van der Waals surface area contributed by atoms with Crippen LogP contribution in [0.15, 0.2) is 6.07 Å². The number of hydrogen-bond donors (Lipinski definition) is 1. The van der Waals surface area contributed by atoms with E-state index in [-0.39, 0.29) is 0 Å². The van der Waals surface area contributed by atoms with Crippen molar-refractivity contribution in [1.29, 1.82) is 0 Å². The van der Waals surface area contributed by atoms with Gasteiger partial charge in [-0.1, -0.05) is 27.7 Å². The summed E-state index contributed by atoms with van der Waals surface area (Å²) in [5.41, 5.74) is 1.82. The highest BCUT2D eigenvalue weighted by molar-refractivity contribution is 7.12. The Labute approximate surface area is 111 Å². The smallest absolute Gasteiger partial charge is 0.0303 e. The summed E-state index contributed by atoms with van der Waals surface area (Å²) in [4.78, 5) is 2.86. The first-order valence-electron chi connectivity index (χ1n) is 6.54. The number of rotatable bonds is 5. The molecule has 1 N–H and O–H groups in total. The lowest BCUT2D eigenvalue weighted by molar-refractivity contribution is 0.230. The first-order valence-corrected chi connectivity index (χ1v) is 7.36. The number of aryl methyl sites for hydroxylation is 2. The van der Waals surface area contributed by atoms with Crippen molar-refractivity contribution in [3.63, 3.8) is 0 Å². The van der Waals surface area contributed by atoms with E-state index >= 15 is 0 Å². The maximum Gasteiger partial charge on any atom is 0.0303 e. The first-order chi connectivity index (χ1) is 7.74. The molecule has 1 nitrogen and oxygen atoms in total. The highest BCUT2D eigenvalue weighted by atomic mass is 32.1. The van der Waals surface area contributed by atoms with Gasteiger partial charge in [-0.05, 0) is 43.7 Å². The summed E-state index contributed by atoms with van der Waals surface area (Å²) in [6.07, 6.45) is 0. The average Bonchev–Trinajstić information content (AvgIpc) is 2.54. The van der Waals surface area contributed by atoms with Crippen molar-refractivity contribution in [2.45, 2.75) is 54.5 Å². The summed E-state index contributed by atoms with van der Waals surface area (Å²) in [5.74, 6) is 0.701. The van der Waals surface area contributed by atoms with E-state index in [1.807, 2.05) is 11.3 Å². The van der Waals surface area contributed by atoms with Gasteiger partial charge in [-0.15, -0.1) is 11.3 Å². The molecule has 0 saturated carbocycles. The molecule has 0 aliphatic rings. The van der Waals surface area contributed by atoms with E-state index in [0.29, 0.717) is 17.4 Å². The molecule has 1 aromatic rings. The lowest BCUT2D eigenvalue weighted by Crippen LogP contribution is -2.34. The summed E-state index contributed by atoms with van der Waals surface area (Å²) in [6, 6.07) is 2.78. The zero-order chi connectivity index (χ0) is 13.2. The lowest BCUT2D eigenvalue weighted by atomic mass is 9.81. The van der Waals surface area contributed by atoms with Gasteiger partial charge in [-0.3, -0.25) is 0 Å². The van der Waals surface area contributed by atoms with Gasteiger partial charge in [-0.25, -0.2) is 0 Å². The second-order valence-corrected chi connectivity index (χ2v) is 7.57. The largest absolute Gasteiger partial charge is 0.310 e. The maximum atomic E-state index is 3.68. The molecule has 1 aromatic heterocycles. The number of nitrogens with one attached hydrogen (secondary N) is 1. The van der Waals surface area contributed by atoms with E-state index in [4.69, 9.17) is 0 Å². The van der Waals surface area contributed by atoms with E-state index in [2.05, 4.69) is 59.8 Å². The normalized spacial score (nSPS) is 14.4. The van der Waals surface area contributed by atoms with Crippen molar-refractivity contribution >= 4 is 11.3 Å². The summed E-state index contributed by atoms with van der Waals surface area (Å²) in [5, 5.41) is 3.68. The second kappa shape index (κ2) is 5.53. The zero-order valence-corrected chi connectivity index (χ0v) is 13.2. The van der Waals surface area contributed by atoms with Crippen molar-refractivity contribution in [2.75, 3.05) is 6.54 Å². The molecule has 98 valence electrons. The molecule has 0 spiro atoms. The molecule has 2 heteroatoms. The molecule has 1 unspecified atom stereocenters. The molecule has 0 amide bonds. The standard InChI is InChI=1S/C15H27NS/c1-10(2)15(6,7)9-16-12(4)14-8-11(3)17-13(14)5/h8,10,12,16H,9H2,1-7H3.